The summed E-state index contributed by atoms with van der Waals surface area (Å²) < 4.78 is 69.0. The van der Waals surface area contributed by atoms with Crippen molar-refractivity contribution in [1.82, 2.24) is 14.1 Å². The fourth-order valence-electron chi connectivity index (χ4n) is 3.59. The maximum absolute atomic E-state index is 13.2. The average Bonchev–Trinajstić information content (AvgIpc) is 3.01. The zero-order chi connectivity index (χ0) is 24.8. The van der Waals surface area contributed by atoms with Gasteiger partial charge in [0, 0.05) is 11.5 Å². The molecule has 0 fully saturated rings. The van der Waals surface area contributed by atoms with Crippen LogP contribution in [0.25, 0.3) is 16.6 Å². The Labute approximate surface area is 191 Å². The van der Waals surface area contributed by atoms with Gasteiger partial charge >= 0.3 is 11.2 Å². The van der Waals surface area contributed by atoms with Gasteiger partial charge in [0.1, 0.15) is 0 Å². The minimum atomic E-state index is -5.54. The first-order valence-electron chi connectivity index (χ1n) is 9.81. The smallest absolute Gasteiger partial charge is 0.493 e. The lowest BCUT2D eigenvalue weighted by atomic mass is 10.1. The number of sulfone groups is 1. The first-order valence-corrected chi connectivity index (χ1v) is 11.3. The van der Waals surface area contributed by atoms with Crippen molar-refractivity contribution in [2.75, 3.05) is 7.11 Å². The Hall–Kier alpha value is -3.80. The number of benzene rings is 2. The van der Waals surface area contributed by atoms with E-state index in [-0.39, 0.29) is 17.9 Å². The second kappa shape index (κ2) is 8.20. The largest absolute Gasteiger partial charge is 0.501 e. The van der Waals surface area contributed by atoms with Crippen LogP contribution in [-0.2, 0) is 16.4 Å². The van der Waals surface area contributed by atoms with Crippen molar-refractivity contribution in [1.29, 1.82) is 0 Å². The van der Waals surface area contributed by atoms with Gasteiger partial charge in [-0.3, -0.25) is 4.57 Å². The Morgan fingerprint density at radius 1 is 1.09 bits per heavy atom. The van der Waals surface area contributed by atoms with Gasteiger partial charge < -0.3 is 9.84 Å². The number of alkyl halides is 3. The number of hydrogen-bond donors (Lipinski definition) is 1. The van der Waals surface area contributed by atoms with Gasteiger partial charge in [0.05, 0.1) is 35.4 Å². The van der Waals surface area contributed by atoms with Gasteiger partial charge in [-0.2, -0.15) is 13.2 Å². The first kappa shape index (κ1) is 23.4. The molecule has 0 unspecified atom stereocenters. The van der Waals surface area contributed by atoms with Crippen molar-refractivity contribution in [2.45, 2.75) is 23.9 Å². The number of para-hydroxylation sites is 1. The molecule has 0 atom stereocenters. The highest BCUT2D eigenvalue weighted by Gasteiger charge is 2.46. The third kappa shape index (κ3) is 3.79. The van der Waals surface area contributed by atoms with Crippen LogP contribution in [0, 0.1) is 6.92 Å². The second-order valence-corrected chi connectivity index (χ2v) is 9.34. The molecule has 34 heavy (non-hydrogen) atoms. The summed E-state index contributed by atoms with van der Waals surface area (Å²) in [5.74, 6) is -0.0914. The van der Waals surface area contributed by atoms with Crippen LogP contribution in [0.3, 0.4) is 0 Å². The summed E-state index contributed by atoms with van der Waals surface area (Å²) in [6.07, 6.45) is 0. The third-order valence-electron chi connectivity index (χ3n) is 5.39. The van der Waals surface area contributed by atoms with E-state index in [1.54, 1.807) is 18.2 Å². The molecule has 12 heteroatoms. The number of ether oxygens (including phenoxy) is 1. The summed E-state index contributed by atoms with van der Waals surface area (Å²) >= 11 is 0. The molecule has 0 saturated carbocycles. The number of aromatic hydroxyl groups is 1. The molecule has 0 aliphatic heterocycles. The number of halogens is 3. The molecule has 0 radical (unpaired) electrons. The first-order chi connectivity index (χ1) is 16.0. The molecule has 0 amide bonds. The summed E-state index contributed by atoms with van der Waals surface area (Å²) in [7, 11) is -4.08. The van der Waals surface area contributed by atoms with Crippen LogP contribution in [-0.4, -0.2) is 40.3 Å². The average molecular weight is 493 g/mol. The number of aromatic nitrogens is 3. The van der Waals surface area contributed by atoms with E-state index in [1.165, 1.54) is 18.6 Å². The molecule has 8 nitrogen and oxygen atoms in total. The number of fused-ring (bicyclic) bond motifs is 1. The number of imidazole rings is 1. The normalized spacial score (nSPS) is 12.3. The predicted molar refractivity (Wildman–Crippen MR) is 117 cm³/mol. The summed E-state index contributed by atoms with van der Waals surface area (Å²) in [6, 6.07) is 12.4. The molecule has 4 aromatic rings. The van der Waals surface area contributed by atoms with Crippen molar-refractivity contribution in [3.8, 4) is 17.4 Å². The lowest BCUT2D eigenvalue weighted by Crippen LogP contribution is -2.25. The standard InChI is InChI=1S/C22H18F3N3O5S/c1-13-20(29)28(15-7-9-16(10-8-15)34(31,32)22(23,24)25)21(30)27(13)12-14-11-19(33-2)26-18-6-4-3-5-17(14)18/h3-11,29H,12H2,1-2H3. The Morgan fingerprint density at radius 3 is 2.35 bits per heavy atom. The van der Waals surface area contributed by atoms with Gasteiger partial charge in [-0.15, -0.1) is 0 Å². The van der Waals surface area contributed by atoms with Crippen LogP contribution in [0.15, 0.2) is 64.3 Å². The van der Waals surface area contributed by atoms with Crippen LogP contribution in [0.4, 0.5) is 13.2 Å². The fourth-order valence-corrected chi connectivity index (χ4v) is 4.35. The monoisotopic (exact) mass is 493 g/mol. The maximum atomic E-state index is 13.2. The van der Waals surface area contributed by atoms with Crippen molar-refractivity contribution in [2.24, 2.45) is 0 Å². The highest BCUT2D eigenvalue weighted by Crippen LogP contribution is 2.31. The highest BCUT2D eigenvalue weighted by molar-refractivity contribution is 7.92. The summed E-state index contributed by atoms with van der Waals surface area (Å²) in [5, 5.41) is 11.4. The molecule has 0 aliphatic carbocycles. The summed E-state index contributed by atoms with van der Waals surface area (Å²) in [5.41, 5.74) is -4.58. The number of pyridine rings is 1. The minimum absolute atomic E-state index is 0.00245. The molecule has 0 saturated heterocycles. The summed E-state index contributed by atoms with van der Waals surface area (Å²) in [4.78, 5) is 16.6. The maximum Gasteiger partial charge on any atom is 0.501 e. The molecule has 2 heterocycles. The Morgan fingerprint density at radius 2 is 1.74 bits per heavy atom. The number of methoxy groups -OCH3 is 1. The highest BCUT2D eigenvalue weighted by atomic mass is 32.2. The Kier molecular flexibility index (Phi) is 5.64. The SMILES string of the molecule is COc1cc(Cn2c(C)c(O)n(-c3ccc(S(=O)(=O)C(F)(F)F)cc3)c2=O)c2ccccc2n1. The van der Waals surface area contributed by atoms with Gasteiger partial charge in [0.15, 0.2) is 0 Å². The van der Waals surface area contributed by atoms with Gasteiger partial charge in [-0.05, 0) is 42.8 Å². The molecule has 2 aromatic heterocycles. The van der Waals surface area contributed by atoms with E-state index in [4.69, 9.17) is 4.74 Å². The number of nitrogens with zero attached hydrogens (tertiary/aromatic N) is 3. The summed E-state index contributed by atoms with van der Waals surface area (Å²) in [6.45, 7) is 1.56. The van der Waals surface area contributed by atoms with Crippen LogP contribution >= 0.6 is 0 Å². The van der Waals surface area contributed by atoms with Crippen molar-refractivity contribution in [3.05, 3.63) is 76.3 Å². The molecular formula is C22H18F3N3O5S. The quantitative estimate of drug-likeness (QED) is 0.456. The van der Waals surface area contributed by atoms with Gasteiger partial charge in [0.25, 0.3) is 9.84 Å². The van der Waals surface area contributed by atoms with E-state index in [0.717, 1.165) is 34.2 Å². The van der Waals surface area contributed by atoms with Crippen molar-refractivity contribution in [3.63, 3.8) is 0 Å². The van der Waals surface area contributed by atoms with E-state index in [9.17, 15) is 31.5 Å². The number of rotatable bonds is 5. The molecule has 0 spiro atoms. The van der Waals surface area contributed by atoms with E-state index in [1.807, 2.05) is 12.1 Å². The van der Waals surface area contributed by atoms with E-state index >= 15 is 0 Å². The van der Waals surface area contributed by atoms with Crippen LogP contribution in [0.5, 0.6) is 11.8 Å². The second-order valence-electron chi connectivity index (χ2n) is 7.40. The zero-order valence-electron chi connectivity index (χ0n) is 17.9. The van der Waals surface area contributed by atoms with Gasteiger partial charge in [-0.1, -0.05) is 18.2 Å². The number of hydrogen-bond acceptors (Lipinski definition) is 6. The van der Waals surface area contributed by atoms with Crippen LogP contribution in [0.1, 0.15) is 11.3 Å². The molecule has 1 N–H and O–H groups in total. The lowest BCUT2D eigenvalue weighted by molar-refractivity contribution is -0.0436. The fraction of sp³-hybridized carbons (Fsp3) is 0.182. The molecular weight excluding hydrogens is 475 g/mol. The lowest BCUT2D eigenvalue weighted by Gasteiger charge is -2.10. The van der Waals surface area contributed by atoms with Crippen LogP contribution in [0.2, 0.25) is 0 Å². The van der Waals surface area contributed by atoms with Crippen molar-refractivity contribution < 1.29 is 31.4 Å². The topological polar surface area (TPSA) is 103 Å². The minimum Gasteiger partial charge on any atom is -0.493 e. The molecule has 0 aliphatic rings. The van der Waals surface area contributed by atoms with E-state index < -0.39 is 31.8 Å². The van der Waals surface area contributed by atoms with Gasteiger partial charge in [0.2, 0.25) is 11.8 Å². The van der Waals surface area contributed by atoms with E-state index in [2.05, 4.69) is 4.98 Å². The van der Waals surface area contributed by atoms with Crippen LogP contribution < -0.4 is 10.4 Å². The van der Waals surface area contributed by atoms with Crippen molar-refractivity contribution >= 4 is 20.7 Å². The van der Waals surface area contributed by atoms with E-state index in [0.29, 0.717) is 17.0 Å². The zero-order valence-corrected chi connectivity index (χ0v) is 18.7. The Balaban J connectivity index is 1.79. The molecule has 4 rings (SSSR count). The predicted octanol–water partition coefficient (Wildman–Crippen LogP) is 3.55. The Bertz CT molecular complexity index is 1560. The van der Waals surface area contributed by atoms with Gasteiger partial charge in [-0.25, -0.2) is 22.8 Å². The molecule has 0 bridgehead atoms. The molecule has 2 aromatic carbocycles. The third-order valence-corrected chi connectivity index (χ3v) is 6.89. The molecule has 178 valence electrons.